The molecule has 1 amide bonds. The van der Waals surface area contributed by atoms with Gasteiger partial charge in [-0.15, -0.1) is 0 Å². The largest absolute Gasteiger partial charge is 0.390 e. The van der Waals surface area contributed by atoms with Crippen molar-refractivity contribution in [3.05, 3.63) is 35.4 Å². The molecule has 3 aliphatic rings. The Morgan fingerprint density at radius 2 is 1.83 bits per heavy atom. The highest BCUT2D eigenvalue weighted by Crippen LogP contribution is 2.36. The fourth-order valence-electron chi connectivity index (χ4n) is 4.49. The minimum absolute atomic E-state index is 0.0960. The van der Waals surface area contributed by atoms with Crippen molar-refractivity contribution in [3.8, 4) is 0 Å². The van der Waals surface area contributed by atoms with Crippen LogP contribution in [0.15, 0.2) is 24.3 Å². The van der Waals surface area contributed by atoms with E-state index in [2.05, 4.69) is 24.3 Å². The molecule has 4 heteroatoms. The van der Waals surface area contributed by atoms with Crippen LogP contribution in [0.4, 0.5) is 0 Å². The van der Waals surface area contributed by atoms with Crippen LogP contribution in [-0.4, -0.2) is 47.3 Å². The Hall–Kier alpha value is -1.39. The molecule has 1 atom stereocenters. The van der Waals surface area contributed by atoms with Gasteiger partial charge in [0.25, 0.3) is 0 Å². The number of rotatable bonds is 1. The van der Waals surface area contributed by atoms with E-state index in [1.807, 2.05) is 4.90 Å². The zero-order chi connectivity index (χ0) is 15.9. The highest BCUT2D eigenvalue weighted by Gasteiger charge is 2.45. The molecule has 1 aliphatic carbocycles. The SMILES string of the molecule is O=C(C1Cc2ccccc2C1)N1CCC2(CC1)OCCC[C@@H]2O. The Bertz CT molecular complexity index is 567. The van der Waals surface area contributed by atoms with Gasteiger partial charge in [-0.05, 0) is 49.7 Å². The fourth-order valence-corrected chi connectivity index (χ4v) is 4.49. The molecule has 0 bridgehead atoms. The number of likely N-dealkylation sites (tertiary alicyclic amines) is 1. The van der Waals surface area contributed by atoms with Crippen LogP contribution in [0.25, 0.3) is 0 Å². The first-order valence-corrected chi connectivity index (χ1v) is 8.85. The van der Waals surface area contributed by atoms with Crippen molar-refractivity contribution < 1.29 is 14.6 Å². The fraction of sp³-hybridized carbons (Fsp3) is 0.632. The number of piperidine rings is 1. The number of aliphatic hydroxyl groups excluding tert-OH is 1. The maximum Gasteiger partial charge on any atom is 0.226 e. The first kappa shape index (κ1) is 15.2. The van der Waals surface area contributed by atoms with Gasteiger partial charge >= 0.3 is 0 Å². The molecule has 1 aromatic carbocycles. The van der Waals surface area contributed by atoms with E-state index >= 15 is 0 Å². The van der Waals surface area contributed by atoms with E-state index in [1.54, 1.807) is 0 Å². The summed E-state index contributed by atoms with van der Waals surface area (Å²) in [6, 6.07) is 8.39. The van der Waals surface area contributed by atoms with E-state index in [4.69, 9.17) is 4.74 Å². The average molecular weight is 315 g/mol. The summed E-state index contributed by atoms with van der Waals surface area (Å²) < 4.78 is 5.93. The number of benzene rings is 1. The monoisotopic (exact) mass is 315 g/mol. The van der Waals surface area contributed by atoms with Crippen LogP contribution in [-0.2, 0) is 22.4 Å². The summed E-state index contributed by atoms with van der Waals surface area (Å²) in [7, 11) is 0. The standard InChI is InChI=1S/C19H25NO3/c21-17-6-3-11-23-19(17)7-9-20(10-8-19)18(22)16-12-14-4-1-2-5-15(14)13-16/h1-2,4-5,16-17,21H,3,6-13H2/t17-/m0/s1. The molecule has 0 unspecified atom stereocenters. The molecule has 0 aromatic heterocycles. The zero-order valence-electron chi connectivity index (χ0n) is 13.5. The highest BCUT2D eigenvalue weighted by atomic mass is 16.5. The third kappa shape index (κ3) is 2.68. The minimum atomic E-state index is -0.395. The summed E-state index contributed by atoms with van der Waals surface area (Å²) in [5.74, 6) is 0.375. The summed E-state index contributed by atoms with van der Waals surface area (Å²) in [5, 5.41) is 10.3. The van der Waals surface area contributed by atoms with Crippen molar-refractivity contribution >= 4 is 5.91 Å². The number of carbonyl (C=O) groups excluding carboxylic acids is 1. The Kier molecular flexibility index (Phi) is 3.90. The molecule has 1 spiro atoms. The number of amides is 1. The lowest BCUT2D eigenvalue weighted by Crippen LogP contribution is -2.56. The third-order valence-electron chi connectivity index (χ3n) is 5.94. The average Bonchev–Trinajstić information content (AvgIpc) is 3.02. The van der Waals surface area contributed by atoms with Crippen LogP contribution in [0.5, 0.6) is 0 Å². The number of aliphatic hydroxyl groups is 1. The molecule has 4 rings (SSSR count). The van der Waals surface area contributed by atoms with Crippen molar-refractivity contribution in [2.45, 2.75) is 50.2 Å². The molecular weight excluding hydrogens is 290 g/mol. The van der Waals surface area contributed by atoms with Crippen molar-refractivity contribution in [3.63, 3.8) is 0 Å². The predicted octanol–water partition coefficient (Wildman–Crippen LogP) is 1.93. The molecule has 124 valence electrons. The van der Waals surface area contributed by atoms with Crippen LogP contribution in [0.3, 0.4) is 0 Å². The molecule has 2 aliphatic heterocycles. The minimum Gasteiger partial charge on any atom is -0.390 e. The van der Waals surface area contributed by atoms with Gasteiger partial charge in [0, 0.05) is 25.6 Å². The summed E-state index contributed by atoms with van der Waals surface area (Å²) in [6.07, 6.45) is 4.66. The Labute approximate surface area is 137 Å². The van der Waals surface area contributed by atoms with E-state index < -0.39 is 5.60 Å². The van der Waals surface area contributed by atoms with Crippen LogP contribution in [0.2, 0.25) is 0 Å². The van der Waals surface area contributed by atoms with Crippen molar-refractivity contribution in [2.24, 2.45) is 5.92 Å². The topological polar surface area (TPSA) is 49.8 Å². The van der Waals surface area contributed by atoms with Crippen LogP contribution < -0.4 is 0 Å². The lowest BCUT2D eigenvalue weighted by Gasteiger charge is -2.47. The maximum absolute atomic E-state index is 12.8. The molecule has 2 fully saturated rings. The van der Waals surface area contributed by atoms with Gasteiger partial charge in [0.15, 0.2) is 0 Å². The second-order valence-corrected chi connectivity index (χ2v) is 7.27. The molecule has 1 aromatic rings. The van der Waals surface area contributed by atoms with Crippen LogP contribution >= 0.6 is 0 Å². The maximum atomic E-state index is 12.8. The number of carbonyl (C=O) groups is 1. The van der Waals surface area contributed by atoms with Crippen molar-refractivity contribution in [2.75, 3.05) is 19.7 Å². The third-order valence-corrected chi connectivity index (χ3v) is 5.94. The Morgan fingerprint density at radius 3 is 2.43 bits per heavy atom. The first-order valence-electron chi connectivity index (χ1n) is 8.85. The van der Waals surface area contributed by atoms with Crippen molar-refractivity contribution in [1.82, 2.24) is 4.90 Å². The Morgan fingerprint density at radius 1 is 1.17 bits per heavy atom. The molecule has 4 nitrogen and oxygen atoms in total. The Balaban J connectivity index is 1.38. The molecule has 1 N–H and O–H groups in total. The van der Waals surface area contributed by atoms with E-state index in [9.17, 15) is 9.90 Å². The van der Waals surface area contributed by atoms with Gasteiger partial charge in [0.05, 0.1) is 11.7 Å². The van der Waals surface area contributed by atoms with Crippen LogP contribution in [0.1, 0.15) is 36.8 Å². The number of hydrogen-bond acceptors (Lipinski definition) is 3. The number of fused-ring (bicyclic) bond motifs is 1. The normalized spacial score (nSPS) is 27.2. The quantitative estimate of drug-likeness (QED) is 0.861. The van der Waals surface area contributed by atoms with Gasteiger partial charge in [-0.25, -0.2) is 0 Å². The van der Waals surface area contributed by atoms with Gasteiger partial charge in [-0.3, -0.25) is 4.79 Å². The van der Waals surface area contributed by atoms with Gasteiger partial charge in [0.1, 0.15) is 0 Å². The van der Waals surface area contributed by atoms with E-state index in [0.717, 1.165) is 45.1 Å². The lowest BCUT2D eigenvalue weighted by atomic mass is 9.81. The molecule has 2 heterocycles. The number of hydrogen-bond donors (Lipinski definition) is 1. The highest BCUT2D eigenvalue weighted by molar-refractivity contribution is 5.80. The summed E-state index contributed by atoms with van der Waals surface area (Å²) in [5.41, 5.74) is 2.25. The summed E-state index contributed by atoms with van der Waals surface area (Å²) in [6.45, 7) is 2.16. The predicted molar refractivity (Wildman–Crippen MR) is 87.1 cm³/mol. The van der Waals surface area contributed by atoms with Gasteiger partial charge in [-0.1, -0.05) is 24.3 Å². The smallest absolute Gasteiger partial charge is 0.226 e. The second-order valence-electron chi connectivity index (χ2n) is 7.27. The van der Waals surface area contributed by atoms with Gasteiger partial charge in [0.2, 0.25) is 5.91 Å². The van der Waals surface area contributed by atoms with Crippen molar-refractivity contribution in [1.29, 1.82) is 0 Å². The molecule has 0 radical (unpaired) electrons. The van der Waals surface area contributed by atoms with Gasteiger partial charge < -0.3 is 14.7 Å². The van der Waals surface area contributed by atoms with E-state index in [0.29, 0.717) is 13.1 Å². The molecule has 23 heavy (non-hydrogen) atoms. The second kappa shape index (κ2) is 5.91. The first-order chi connectivity index (χ1) is 11.2. The molecule has 2 saturated heterocycles. The number of nitrogens with zero attached hydrogens (tertiary/aromatic N) is 1. The lowest BCUT2D eigenvalue weighted by molar-refractivity contribution is -0.180. The number of ether oxygens (including phenoxy) is 1. The van der Waals surface area contributed by atoms with Crippen LogP contribution in [0, 0.1) is 5.92 Å². The van der Waals surface area contributed by atoms with E-state index in [-0.39, 0.29) is 17.9 Å². The summed E-state index contributed by atoms with van der Waals surface area (Å²) >= 11 is 0. The summed E-state index contributed by atoms with van der Waals surface area (Å²) in [4.78, 5) is 14.8. The molecule has 0 saturated carbocycles. The molecular formula is C19H25NO3. The van der Waals surface area contributed by atoms with E-state index in [1.165, 1.54) is 11.1 Å². The zero-order valence-corrected chi connectivity index (χ0v) is 13.5. The van der Waals surface area contributed by atoms with Gasteiger partial charge in [-0.2, -0.15) is 0 Å².